The molecular formula is C27H36O10. The maximum absolute atomic E-state index is 10.9. The van der Waals surface area contributed by atoms with Crippen molar-refractivity contribution < 1.29 is 49.6 Å². The zero-order valence-corrected chi connectivity index (χ0v) is 21.4. The van der Waals surface area contributed by atoms with Crippen molar-refractivity contribution in [1.29, 1.82) is 0 Å². The van der Waals surface area contributed by atoms with Crippen LogP contribution in [0.15, 0.2) is 53.8 Å². The van der Waals surface area contributed by atoms with E-state index < -0.39 is 37.1 Å². The molecule has 2 aromatic carbocycles. The van der Waals surface area contributed by atoms with Crippen LogP contribution in [0.1, 0.15) is 11.1 Å². The van der Waals surface area contributed by atoms with Crippen LogP contribution < -0.4 is 18.9 Å². The second-order valence-corrected chi connectivity index (χ2v) is 8.36. The van der Waals surface area contributed by atoms with Crippen molar-refractivity contribution in [3.05, 3.63) is 64.9 Å². The molecule has 2 aromatic rings. The highest BCUT2D eigenvalue weighted by Gasteiger charge is 2.35. The molecule has 10 nitrogen and oxygen atoms in total. The van der Waals surface area contributed by atoms with Crippen molar-refractivity contribution in [1.82, 2.24) is 0 Å². The number of ether oxygens (including phenoxy) is 4. The largest absolute Gasteiger partial charge is 0.497 e. The molecule has 0 heterocycles. The Bertz CT molecular complexity index is 1020. The minimum absolute atomic E-state index is 0.0785. The van der Waals surface area contributed by atoms with E-state index >= 15 is 0 Å². The van der Waals surface area contributed by atoms with Crippen molar-refractivity contribution in [2.45, 2.75) is 43.4 Å². The van der Waals surface area contributed by atoms with E-state index in [0.717, 1.165) is 5.56 Å². The molecule has 6 N–H and O–H groups in total. The van der Waals surface area contributed by atoms with Crippen LogP contribution in [0, 0.1) is 0 Å². The minimum atomic E-state index is -1.95. The molecule has 1 unspecified atom stereocenters. The molecule has 0 amide bonds. The van der Waals surface area contributed by atoms with Gasteiger partial charge >= 0.3 is 0 Å². The monoisotopic (exact) mass is 520 g/mol. The number of aliphatic hydroxyl groups excluding tert-OH is 6. The zero-order valence-electron chi connectivity index (χ0n) is 21.4. The van der Waals surface area contributed by atoms with Crippen LogP contribution >= 0.6 is 0 Å². The van der Waals surface area contributed by atoms with E-state index in [1.807, 2.05) is 12.1 Å². The molecule has 0 aliphatic heterocycles. The smallest absolute Gasteiger partial charge is 0.122 e. The molecule has 204 valence electrons. The number of aliphatic hydroxyl groups is 6. The molecule has 37 heavy (non-hydrogen) atoms. The van der Waals surface area contributed by atoms with Gasteiger partial charge in [0.2, 0.25) is 0 Å². The fourth-order valence-corrected chi connectivity index (χ4v) is 3.64. The maximum Gasteiger partial charge on any atom is 0.122 e. The summed E-state index contributed by atoms with van der Waals surface area (Å²) in [4.78, 5) is 0. The fraction of sp³-hybridized carbons (Fsp3) is 0.444. The molecule has 2 rings (SSSR count). The Hall–Kier alpha value is -3.08. The van der Waals surface area contributed by atoms with Crippen LogP contribution in [0.4, 0.5) is 0 Å². The third kappa shape index (κ3) is 8.48. The summed E-state index contributed by atoms with van der Waals surface area (Å²) in [6.45, 7) is -0.836. The molecule has 0 bridgehead atoms. The van der Waals surface area contributed by atoms with Gasteiger partial charge in [0.05, 0.1) is 35.0 Å². The van der Waals surface area contributed by atoms with Crippen LogP contribution in [0.5, 0.6) is 23.0 Å². The minimum Gasteiger partial charge on any atom is -0.497 e. The van der Waals surface area contributed by atoms with E-state index in [4.69, 9.17) is 24.1 Å². The summed E-state index contributed by atoms with van der Waals surface area (Å²) in [6.07, 6.45) is -7.02. The first-order chi connectivity index (χ1) is 17.7. The molecule has 10 heteroatoms. The summed E-state index contributed by atoms with van der Waals surface area (Å²) in [6, 6.07) is 10.5. The Balaban J connectivity index is 2.44. The topological polar surface area (TPSA) is 158 Å². The maximum atomic E-state index is 10.9. The Morgan fingerprint density at radius 2 is 1.16 bits per heavy atom. The Morgan fingerprint density at radius 1 is 0.703 bits per heavy atom. The van der Waals surface area contributed by atoms with Gasteiger partial charge in [-0.05, 0) is 47.9 Å². The van der Waals surface area contributed by atoms with E-state index in [2.05, 4.69) is 5.73 Å². The predicted octanol–water partition coefficient (Wildman–Crippen LogP) is 0.384. The standard InChI is InChI=1S/C27H36O10/c1-34-19-9-16(10-20(13-19)35-2)6-5-7-18(8-17-11-21(36-3)14-22(12-17)37-4)24(30)26(32)27(33)25(31)23(29)15-28/h5,9-14,23-33H,6,8,15H2,1-4H3/t7?,23-,24?,25+,26+,27-/m0/s1. The second kappa shape index (κ2) is 14.6. The van der Waals surface area contributed by atoms with Crippen LogP contribution in [0.2, 0.25) is 0 Å². The van der Waals surface area contributed by atoms with Gasteiger partial charge in [0, 0.05) is 24.1 Å². The van der Waals surface area contributed by atoms with Crippen LogP contribution in [-0.2, 0) is 12.8 Å². The molecule has 0 aliphatic carbocycles. The number of methoxy groups -OCH3 is 4. The Kier molecular flexibility index (Phi) is 11.9. The summed E-state index contributed by atoms with van der Waals surface area (Å²) in [5, 5.41) is 60.5. The third-order valence-corrected chi connectivity index (χ3v) is 5.80. The van der Waals surface area contributed by atoms with Gasteiger partial charge in [0.15, 0.2) is 0 Å². The Morgan fingerprint density at radius 3 is 1.59 bits per heavy atom. The van der Waals surface area contributed by atoms with Gasteiger partial charge in [-0.2, -0.15) is 0 Å². The number of benzene rings is 2. The first-order valence-electron chi connectivity index (χ1n) is 11.6. The summed E-state index contributed by atoms with van der Waals surface area (Å²) >= 11 is 0. The van der Waals surface area contributed by atoms with Crippen molar-refractivity contribution in [2.24, 2.45) is 0 Å². The van der Waals surface area contributed by atoms with E-state index in [9.17, 15) is 25.5 Å². The van der Waals surface area contributed by atoms with Crippen molar-refractivity contribution in [3.63, 3.8) is 0 Å². The number of hydrogen-bond acceptors (Lipinski definition) is 10. The summed E-state index contributed by atoms with van der Waals surface area (Å²) in [5.74, 6) is 2.23. The summed E-state index contributed by atoms with van der Waals surface area (Å²) in [5.41, 5.74) is 4.68. The lowest BCUT2D eigenvalue weighted by Crippen LogP contribution is -2.50. The lowest BCUT2D eigenvalue weighted by molar-refractivity contribution is -0.134. The molecule has 0 fully saturated rings. The molecular weight excluding hydrogens is 484 g/mol. The van der Waals surface area contributed by atoms with E-state index in [0.29, 0.717) is 35.0 Å². The van der Waals surface area contributed by atoms with Crippen LogP contribution in [0.25, 0.3) is 0 Å². The van der Waals surface area contributed by atoms with Gasteiger partial charge in [-0.25, -0.2) is 0 Å². The predicted molar refractivity (Wildman–Crippen MR) is 135 cm³/mol. The van der Waals surface area contributed by atoms with E-state index in [1.165, 1.54) is 14.2 Å². The molecule has 0 aromatic heterocycles. The fourth-order valence-electron chi connectivity index (χ4n) is 3.64. The van der Waals surface area contributed by atoms with Crippen LogP contribution in [0.3, 0.4) is 0 Å². The first-order valence-corrected chi connectivity index (χ1v) is 11.6. The lowest BCUT2D eigenvalue weighted by atomic mass is 9.92. The molecule has 0 radical (unpaired) electrons. The first kappa shape index (κ1) is 30.1. The average molecular weight is 521 g/mol. The zero-order chi connectivity index (χ0) is 27.5. The average Bonchev–Trinajstić information content (AvgIpc) is 2.93. The Labute approximate surface area is 216 Å². The van der Waals surface area contributed by atoms with Crippen molar-refractivity contribution in [3.8, 4) is 23.0 Å². The highest BCUT2D eigenvalue weighted by atomic mass is 16.5. The van der Waals surface area contributed by atoms with Gasteiger partial charge in [-0.1, -0.05) is 0 Å². The second-order valence-electron chi connectivity index (χ2n) is 8.36. The van der Waals surface area contributed by atoms with E-state index in [-0.39, 0.29) is 12.0 Å². The lowest BCUT2D eigenvalue weighted by Gasteiger charge is -2.29. The molecule has 5 atom stereocenters. The highest BCUT2D eigenvalue weighted by Crippen LogP contribution is 2.26. The highest BCUT2D eigenvalue weighted by molar-refractivity contribution is 5.41. The summed E-state index contributed by atoms with van der Waals surface area (Å²) < 4.78 is 21.2. The van der Waals surface area contributed by atoms with Gasteiger partial charge in [0.25, 0.3) is 0 Å². The van der Waals surface area contributed by atoms with Gasteiger partial charge < -0.3 is 49.6 Å². The normalized spacial score (nSPS) is 15.0. The van der Waals surface area contributed by atoms with E-state index in [1.54, 1.807) is 44.6 Å². The van der Waals surface area contributed by atoms with Crippen LogP contribution in [-0.4, -0.2) is 96.2 Å². The van der Waals surface area contributed by atoms with Gasteiger partial charge in [-0.15, -0.1) is 5.73 Å². The van der Waals surface area contributed by atoms with Crippen molar-refractivity contribution in [2.75, 3.05) is 35.0 Å². The van der Waals surface area contributed by atoms with Gasteiger partial charge in [0.1, 0.15) is 53.5 Å². The quantitative estimate of drug-likeness (QED) is 0.192. The SMILES string of the molecule is COc1cc(CC=C=C(Cc2cc(OC)cc(OC)c2)C(O)[C@@H](O)[C@@H](O)[C@H](O)[C@@H](O)CO)cc(OC)c1. The van der Waals surface area contributed by atoms with Crippen molar-refractivity contribution >= 4 is 0 Å². The third-order valence-electron chi connectivity index (χ3n) is 5.80. The number of rotatable bonds is 14. The summed E-state index contributed by atoms with van der Waals surface area (Å²) in [7, 11) is 6.08. The molecule has 0 saturated carbocycles. The number of hydrogen-bond donors (Lipinski definition) is 6. The molecule has 0 aliphatic rings. The molecule has 0 saturated heterocycles. The molecule has 0 spiro atoms. The van der Waals surface area contributed by atoms with Gasteiger partial charge in [-0.3, -0.25) is 0 Å².